The van der Waals surface area contributed by atoms with Gasteiger partial charge in [0.1, 0.15) is 11.6 Å². The van der Waals surface area contributed by atoms with Crippen molar-refractivity contribution in [2.45, 2.75) is 6.04 Å². The number of carbonyl (C=O) groups excluding carboxylic acids is 2. The van der Waals surface area contributed by atoms with Gasteiger partial charge in [-0.15, -0.1) is 0 Å². The van der Waals surface area contributed by atoms with Gasteiger partial charge in [0.25, 0.3) is 11.8 Å². The lowest BCUT2D eigenvalue weighted by Gasteiger charge is -2.24. The van der Waals surface area contributed by atoms with Gasteiger partial charge in [0.2, 0.25) is 0 Å². The van der Waals surface area contributed by atoms with Gasteiger partial charge in [-0.2, -0.15) is 0 Å². The summed E-state index contributed by atoms with van der Waals surface area (Å²) in [7, 11) is 1.74. The smallest absolute Gasteiger partial charge is 0.287 e. The molecule has 5 nitrogen and oxygen atoms in total. The fourth-order valence-corrected chi connectivity index (χ4v) is 3.15. The zero-order chi connectivity index (χ0) is 21.5. The molecule has 3 aromatic rings. The Kier molecular flexibility index (Phi) is 6.87. The number of hydrogen-bond acceptors (Lipinski definition) is 2. The van der Waals surface area contributed by atoms with Crippen molar-refractivity contribution in [3.63, 3.8) is 0 Å². The van der Waals surface area contributed by atoms with E-state index in [0.717, 1.165) is 5.56 Å². The second kappa shape index (κ2) is 9.76. The summed E-state index contributed by atoms with van der Waals surface area (Å²) in [6.07, 6.45) is 0. The highest BCUT2D eigenvalue weighted by molar-refractivity contribution is 5.95. The Morgan fingerprint density at radius 1 is 0.800 bits per heavy atom. The Labute approximate surface area is 173 Å². The van der Waals surface area contributed by atoms with E-state index in [4.69, 9.17) is 0 Å². The van der Waals surface area contributed by atoms with Crippen molar-refractivity contribution in [3.05, 3.63) is 96.1 Å². The Morgan fingerprint density at radius 3 is 1.83 bits per heavy atom. The third kappa shape index (κ3) is 5.71. The van der Waals surface area contributed by atoms with Crippen LogP contribution in [-0.2, 0) is 9.59 Å². The highest BCUT2D eigenvalue weighted by Crippen LogP contribution is 2.14. The summed E-state index contributed by atoms with van der Waals surface area (Å²) in [4.78, 5) is 26.1. The Hall–Kier alpha value is -3.58. The molecule has 0 radical (unpaired) electrons. The average molecular weight is 410 g/mol. The van der Waals surface area contributed by atoms with E-state index in [1.54, 1.807) is 7.05 Å². The Morgan fingerprint density at radius 2 is 1.30 bits per heavy atom. The maximum atomic E-state index is 13.1. The number of nitrogens with one attached hydrogen (secondary N) is 3. The maximum absolute atomic E-state index is 13.1. The summed E-state index contributed by atoms with van der Waals surface area (Å²) in [5.74, 6) is -1.42. The van der Waals surface area contributed by atoms with Crippen LogP contribution in [0.3, 0.4) is 0 Å². The van der Waals surface area contributed by atoms with Crippen LogP contribution in [0.15, 0.2) is 78.9 Å². The molecule has 3 rings (SSSR count). The number of carbonyl (C=O) groups is 2. The van der Waals surface area contributed by atoms with Crippen LogP contribution in [-0.4, -0.2) is 25.4 Å². The van der Waals surface area contributed by atoms with Gasteiger partial charge in [0.15, 0.2) is 12.6 Å². The number of rotatable bonds is 7. The second-order valence-corrected chi connectivity index (χ2v) is 6.92. The van der Waals surface area contributed by atoms with E-state index in [2.05, 4.69) is 10.6 Å². The zero-order valence-electron chi connectivity index (χ0n) is 16.4. The Balaban J connectivity index is 1.74. The number of hydrogen-bond donors (Lipinski definition) is 3. The minimum Gasteiger partial charge on any atom is -0.321 e. The highest BCUT2D eigenvalue weighted by atomic mass is 19.1. The first kappa shape index (κ1) is 21.1. The minimum absolute atomic E-state index is 0.00771. The molecule has 0 heterocycles. The highest BCUT2D eigenvalue weighted by Gasteiger charge is 2.30. The van der Waals surface area contributed by atoms with Gasteiger partial charge in [0.05, 0.1) is 7.05 Å². The minimum atomic E-state index is -0.671. The molecule has 154 valence electrons. The predicted octanol–water partition coefficient (Wildman–Crippen LogP) is 2.80. The van der Waals surface area contributed by atoms with Crippen LogP contribution in [0.1, 0.15) is 11.6 Å². The quantitative estimate of drug-likeness (QED) is 0.561. The number of quaternary nitrogens is 1. The van der Waals surface area contributed by atoms with Crippen molar-refractivity contribution < 1.29 is 23.3 Å². The summed E-state index contributed by atoms with van der Waals surface area (Å²) >= 11 is 0. The fourth-order valence-electron chi connectivity index (χ4n) is 3.15. The fraction of sp³-hybridized carbons (Fsp3) is 0.130. The van der Waals surface area contributed by atoms with Crippen molar-refractivity contribution in [3.8, 4) is 0 Å². The molecular formula is C23H22F2N3O2+. The first-order chi connectivity index (χ1) is 14.4. The van der Waals surface area contributed by atoms with E-state index in [9.17, 15) is 18.4 Å². The molecular weight excluding hydrogens is 388 g/mol. The van der Waals surface area contributed by atoms with Gasteiger partial charge in [-0.05, 0) is 48.5 Å². The first-order valence-electron chi connectivity index (χ1n) is 9.41. The van der Waals surface area contributed by atoms with Crippen molar-refractivity contribution in [1.82, 2.24) is 0 Å². The van der Waals surface area contributed by atoms with E-state index in [1.807, 2.05) is 30.3 Å². The van der Waals surface area contributed by atoms with Crippen LogP contribution in [0.25, 0.3) is 0 Å². The monoisotopic (exact) mass is 410 g/mol. The van der Waals surface area contributed by atoms with E-state index in [-0.39, 0.29) is 18.4 Å². The molecule has 0 fully saturated rings. The van der Waals surface area contributed by atoms with Crippen LogP contribution >= 0.6 is 0 Å². The summed E-state index contributed by atoms with van der Waals surface area (Å²) in [5.41, 5.74) is 1.68. The number of halogens is 2. The van der Waals surface area contributed by atoms with Crippen molar-refractivity contribution >= 4 is 23.2 Å². The van der Waals surface area contributed by atoms with Gasteiger partial charge in [-0.3, -0.25) is 9.59 Å². The molecule has 30 heavy (non-hydrogen) atoms. The molecule has 0 bridgehead atoms. The normalized spacial score (nSPS) is 12.6. The molecule has 0 aliphatic heterocycles. The third-order valence-electron chi connectivity index (χ3n) is 4.57. The zero-order valence-corrected chi connectivity index (χ0v) is 16.4. The molecule has 0 aliphatic rings. The molecule has 3 aromatic carbocycles. The molecule has 1 unspecified atom stereocenters. The summed E-state index contributed by atoms with van der Waals surface area (Å²) in [6, 6.07) is 19.4. The largest absolute Gasteiger partial charge is 0.321 e. The van der Waals surface area contributed by atoms with Crippen molar-refractivity contribution in [1.29, 1.82) is 0 Å². The van der Waals surface area contributed by atoms with Gasteiger partial charge in [0, 0.05) is 16.9 Å². The summed E-state index contributed by atoms with van der Waals surface area (Å²) in [6.45, 7) is 0.00771. The summed E-state index contributed by atoms with van der Waals surface area (Å²) in [5, 5.41) is 5.48. The van der Waals surface area contributed by atoms with Gasteiger partial charge in [-0.1, -0.05) is 30.3 Å². The van der Waals surface area contributed by atoms with E-state index < -0.39 is 17.7 Å². The van der Waals surface area contributed by atoms with Gasteiger partial charge in [-0.25, -0.2) is 8.78 Å². The first-order valence-corrected chi connectivity index (χ1v) is 9.41. The summed E-state index contributed by atoms with van der Waals surface area (Å²) < 4.78 is 26.2. The van der Waals surface area contributed by atoms with Crippen LogP contribution in [0.2, 0.25) is 0 Å². The third-order valence-corrected chi connectivity index (χ3v) is 4.57. The number of anilines is 2. The maximum Gasteiger partial charge on any atom is 0.287 e. The SMILES string of the molecule is C[NH+](CC(=O)Nc1ccc(F)cc1)[C@H](C(=O)Nc1ccc(F)cc1)c1ccccc1. The predicted molar refractivity (Wildman–Crippen MR) is 111 cm³/mol. The molecule has 7 heteroatoms. The molecule has 3 N–H and O–H groups in total. The number of benzene rings is 3. The lowest BCUT2D eigenvalue weighted by Crippen LogP contribution is -3.11. The Bertz CT molecular complexity index is 993. The number of amides is 2. The lowest BCUT2D eigenvalue weighted by molar-refractivity contribution is -0.893. The standard InChI is InChI=1S/C23H21F2N3O2/c1-28(15-21(29)26-19-11-7-17(24)8-12-19)22(16-5-3-2-4-6-16)23(30)27-20-13-9-18(25)10-14-20/h2-14,22H,15H2,1H3,(H,26,29)(H,27,30)/p+1/t22-/m0/s1. The second-order valence-electron chi connectivity index (χ2n) is 6.92. The molecule has 0 aliphatic carbocycles. The van der Waals surface area contributed by atoms with Gasteiger partial charge >= 0.3 is 0 Å². The van der Waals surface area contributed by atoms with Crippen LogP contribution < -0.4 is 15.5 Å². The number of likely N-dealkylation sites (N-methyl/N-ethyl adjacent to an activating group) is 1. The van der Waals surface area contributed by atoms with Crippen molar-refractivity contribution in [2.75, 3.05) is 24.2 Å². The molecule has 2 amide bonds. The van der Waals surface area contributed by atoms with Crippen LogP contribution in [0.4, 0.5) is 20.2 Å². The van der Waals surface area contributed by atoms with Crippen molar-refractivity contribution in [2.24, 2.45) is 0 Å². The average Bonchev–Trinajstić information content (AvgIpc) is 2.72. The van der Waals surface area contributed by atoms with E-state index in [1.165, 1.54) is 48.5 Å². The topological polar surface area (TPSA) is 62.6 Å². The van der Waals surface area contributed by atoms with Crippen LogP contribution in [0, 0.1) is 11.6 Å². The molecule has 0 saturated heterocycles. The molecule has 2 atom stereocenters. The molecule has 0 spiro atoms. The van der Waals surface area contributed by atoms with E-state index >= 15 is 0 Å². The molecule has 0 aromatic heterocycles. The van der Waals surface area contributed by atoms with Gasteiger partial charge < -0.3 is 15.5 Å². The van der Waals surface area contributed by atoms with Crippen LogP contribution in [0.5, 0.6) is 0 Å². The molecule has 0 saturated carbocycles. The lowest BCUT2D eigenvalue weighted by atomic mass is 10.0. The van der Waals surface area contributed by atoms with E-state index in [0.29, 0.717) is 16.3 Å².